The van der Waals surface area contributed by atoms with Crippen molar-refractivity contribution in [2.45, 2.75) is 51.9 Å². The smallest absolute Gasteiger partial charge is 0.191 e. The van der Waals surface area contributed by atoms with Crippen LogP contribution in [0.1, 0.15) is 45.3 Å². The Bertz CT molecular complexity index is 587. The monoisotopic (exact) mass is 410 g/mol. The fraction of sp³-hybridized carbons (Fsp3) is 0.667. The van der Waals surface area contributed by atoms with Crippen LogP contribution in [0.5, 0.6) is 0 Å². The number of aliphatic hydroxyl groups excluding tert-OH is 1. The van der Waals surface area contributed by atoms with E-state index in [1.54, 1.807) is 12.1 Å². The molecule has 28 heavy (non-hydrogen) atoms. The molecule has 0 saturated carbocycles. The van der Waals surface area contributed by atoms with Crippen LogP contribution in [0.25, 0.3) is 0 Å². The zero-order valence-electron chi connectivity index (χ0n) is 17.3. The van der Waals surface area contributed by atoms with E-state index in [4.69, 9.17) is 16.3 Å². The standard InChI is InChI=1S/C21H35ClN4O2/c1-4-23-21(24-15-20(27)17-5-7-18(22)8-6-17)25-19-9-11-26(12-10-19)13-14-28-16(2)3/h5-8,16,19-20,27H,4,9-15H2,1-3H3,(H2,23,24,25). The maximum atomic E-state index is 10.4. The summed E-state index contributed by atoms with van der Waals surface area (Å²) < 4.78 is 5.65. The molecule has 1 heterocycles. The zero-order valence-corrected chi connectivity index (χ0v) is 18.1. The highest BCUT2D eigenvalue weighted by Gasteiger charge is 2.20. The van der Waals surface area contributed by atoms with Gasteiger partial charge in [-0.15, -0.1) is 0 Å². The molecule has 0 amide bonds. The maximum Gasteiger partial charge on any atom is 0.191 e. The molecule has 1 saturated heterocycles. The first-order chi connectivity index (χ1) is 13.5. The molecule has 1 aromatic rings. The Morgan fingerprint density at radius 1 is 1.29 bits per heavy atom. The summed E-state index contributed by atoms with van der Waals surface area (Å²) in [4.78, 5) is 7.03. The molecule has 0 bridgehead atoms. The van der Waals surface area contributed by atoms with Crippen molar-refractivity contribution < 1.29 is 9.84 Å². The number of hydrogen-bond donors (Lipinski definition) is 3. The highest BCUT2D eigenvalue weighted by Crippen LogP contribution is 2.16. The first-order valence-electron chi connectivity index (χ1n) is 10.3. The molecule has 7 heteroatoms. The number of aliphatic hydroxyl groups is 1. The van der Waals surface area contributed by atoms with E-state index in [2.05, 4.69) is 34.4 Å². The fourth-order valence-electron chi connectivity index (χ4n) is 3.20. The van der Waals surface area contributed by atoms with Crippen molar-refractivity contribution in [2.75, 3.05) is 39.3 Å². The minimum atomic E-state index is -0.643. The van der Waals surface area contributed by atoms with E-state index in [0.29, 0.717) is 23.7 Å². The largest absolute Gasteiger partial charge is 0.386 e. The van der Waals surface area contributed by atoms with Crippen LogP contribution >= 0.6 is 11.6 Å². The first kappa shape index (κ1) is 22.9. The predicted octanol–water partition coefficient (Wildman–Crippen LogP) is 2.82. The molecule has 6 nitrogen and oxygen atoms in total. The van der Waals surface area contributed by atoms with Gasteiger partial charge in [0.05, 0.1) is 25.4 Å². The van der Waals surface area contributed by atoms with Gasteiger partial charge in [-0.2, -0.15) is 0 Å². The van der Waals surface area contributed by atoms with E-state index in [-0.39, 0.29) is 0 Å². The van der Waals surface area contributed by atoms with Gasteiger partial charge in [0.25, 0.3) is 0 Å². The van der Waals surface area contributed by atoms with E-state index >= 15 is 0 Å². The summed E-state index contributed by atoms with van der Waals surface area (Å²) in [5.41, 5.74) is 0.820. The molecular formula is C21H35ClN4O2. The highest BCUT2D eigenvalue weighted by molar-refractivity contribution is 6.30. The van der Waals surface area contributed by atoms with E-state index in [1.165, 1.54) is 0 Å². The number of nitrogens with one attached hydrogen (secondary N) is 2. The van der Waals surface area contributed by atoms with Crippen molar-refractivity contribution in [3.63, 3.8) is 0 Å². The van der Waals surface area contributed by atoms with Crippen LogP contribution in [0, 0.1) is 0 Å². The van der Waals surface area contributed by atoms with Crippen LogP contribution < -0.4 is 10.6 Å². The van der Waals surface area contributed by atoms with Crippen LogP contribution in [0.15, 0.2) is 29.3 Å². The molecule has 1 aliphatic heterocycles. The number of likely N-dealkylation sites (tertiary alicyclic amines) is 1. The quantitative estimate of drug-likeness (QED) is 0.431. The molecule has 0 spiro atoms. The molecule has 1 unspecified atom stereocenters. The molecule has 1 aliphatic rings. The highest BCUT2D eigenvalue weighted by atomic mass is 35.5. The summed E-state index contributed by atoms with van der Waals surface area (Å²) in [6.07, 6.45) is 1.80. The lowest BCUT2D eigenvalue weighted by Gasteiger charge is -2.33. The third-order valence-corrected chi connectivity index (χ3v) is 5.06. The summed E-state index contributed by atoms with van der Waals surface area (Å²) in [5, 5.41) is 17.8. The lowest BCUT2D eigenvalue weighted by molar-refractivity contribution is 0.0532. The van der Waals surface area contributed by atoms with Gasteiger partial charge in [0.1, 0.15) is 0 Å². The van der Waals surface area contributed by atoms with Crippen molar-refractivity contribution in [3.05, 3.63) is 34.9 Å². The van der Waals surface area contributed by atoms with Crippen molar-refractivity contribution in [2.24, 2.45) is 4.99 Å². The third kappa shape index (κ3) is 8.35. The number of ether oxygens (including phenoxy) is 1. The summed E-state index contributed by atoms with van der Waals surface area (Å²) in [6.45, 7) is 11.2. The van der Waals surface area contributed by atoms with Gasteiger partial charge in [-0.25, -0.2) is 0 Å². The van der Waals surface area contributed by atoms with Gasteiger partial charge < -0.3 is 25.4 Å². The molecule has 3 N–H and O–H groups in total. The number of benzene rings is 1. The van der Waals surface area contributed by atoms with E-state index < -0.39 is 6.10 Å². The number of halogens is 1. The topological polar surface area (TPSA) is 69.1 Å². The van der Waals surface area contributed by atoms with Crippen molar-refractivity contribution in [1.29, 1.82) is 0 Å². The number of piperidine rings is 1. The predicted molar refractivity (Wildman–Crippen MR) is 116 cm³/mol. The fourth-order valence-corrected chi connectivity index (χ4v) is 3.33. The molecule has 0 radical (unpaired) electrons. The molecular weight excluding hydrogens is 376 g/mol. The van der Waals surface area contributed by atoms with Crippen molar-refractivity contribution >= 4 is 17.6 Å². The van der Waals surface area contributed by atoms with Crippen molar-refractivity contribution in [1.82, 2.24) is 15.5 Å². The summed E-state index contributed by atoms with van der Waals surface area (Å²) in [5.74, 6) is 0.761. The second kappa shape index (κ2) is 12.3. The Hall–Kier alpha value is -1.34. The SMILES string of the molecule is CCNC(=NCC(O)c1ccc(Cl)cc1)NC1CCN(CCOC(C)C)CC1. The van der Waals surface area contributed by atoms with Crippen LogP contribution in [0.2, 0.25) is 5.02 Å². The second-order valence-corrected chi connectivity index (χ2v) is 7.90. The average Bonchev–Trinajstić information content (AvgIpc) is 2.67. The minimum absolute atomic E-state index is 0.293. The minimum Gasteiger partial charge on any atom is -0.386 e. The average molecular weight is 411 g/mol. The number of nitrogens with zero attached hydrogens (tertiary/aromatic N) is 2. The summed E-state index contributed by atoms with van der Waals surface area (Å²) in [7, 11) is 0. The van der Waals surface area contributed by atoms with Gasteiger partial charge in [-0.1, -0.05) is 23.7 Å². The maximum absolute atomic E-state index is 10.4. The Kier molecular flexibility index (Phi) is 10.1. The second-order valence-electron chi connectivity index (χ2n) is 7.47. The van der Waals surface area contributed by atoms with Crippen molar-refractivity contribution in [3.8, 4) is 0 Å². The number of hydrogen-bond acceptors (Lipinski definition) is 4. The first-order valence-corrected chi connectivity index (χ1v) is 10.7. The third-order valence-electron chi connectivity index (χ3n) is 4.81. The van der Waals surface area contributed by atoms with E-state index in [9.17, 15) is 5.11 Å². The number of aliphatic imine (C=N–C) groups is 1. The Labute approximate surface area is 174 Å². The van der Waals surface area contributed by atoms with Crippen LogP contribution in [-0.4, -0.2) is 67.4 Å². The van der Waals surface area contributed by atoms with Gasteiger partial charge in [0, 0.05) is 37.2 Å². The van der Waals surface area contributed by atoms with Crippen LogP contribution in [-0.2, 0) is 4.74 Å². The molecule has 1 aromatic carbocycles. The van der Waals surface area contributed by atoms with Gasteiger partial charge in [0.15, 0.2) is 5.96 Å². The number of guanidine groups is 1. The Morgan fingerprint density at radius 2 is 1.96 bits per heavy atom. The lowest BCUT2D eigenvalue weighted by Crippen LogP contribution is -2.49. The summed E-state index contributed by atoms with van der Waals surface area (Å²) >= 11 is 5.91. The molecule has 158 valence electrons. The lowest BCUT2D eigenvalue weighted by atomic mass is 10.1. The zero-order chi connectivity index (χ0) is 20.4. The van der Waals surface area contributed by atoms with E-state index in [0.717, 1.165) is 57.2 Å². The Balaban J connectivity index is 1.79. The van der Waals surface area contributed by atoms with Crippen LogP contribution in [0.4, 0.5) is 0 Å². The molecule has 0 aromatic heterocycles. The summed E-state index contributed by atoms with van der Waals surface area (Å²) in [6, 6.07) is 7.64. The molecule has 1 fully saturated rings. The molecule has 1 atom stereocenters. The van der Waals surface area contributed by atoms with Gasteiger partial charge in [0.2, 0.25) is 0 Å². The van der Waals surface area contributed by atoms with Gasteiger partial charge >= 0.3 is 0 Å². The van der Waals surface area contributed by atoms with E-state index in [1.807, 2.05) is 19.1 Å². The normalized spacial score (nSPS) is 17.7. The van der Waals surface area contributed by atoms with Crippen LogP contribution in [0.3, 0.4) is 0 Å². The number of rotatable bonds is 9. The Morgan fingerprint density at radius 3 is 2.57 bits per heavy atom. The molecule has 0 aliphatic carbocycles. The molecule has 2 rings (SSSR count). The van der Waals surface area contributed by atoms with Gasteiger partial charge in [-0.05, 0) is 51.3 Å². The van der Waals surface area contributed by atoms with Gasteiger partial charge in [-0.3, -0.25) is 4.99 Å².